The van der Waals surface area contributed by atoms with Crippen LogP contribution in [-0.2, 0) is 26.1 Å². The van der Waals surface area contributed by atoms with Crippen molar-refractivity contribution in [3.8, 4) is 0 Å². The van der Waals surface area contributed by atoms with Gasteiger partial charge in [0.25, 0.3) is 5.91 Å². The van der Waals surface area contributed by atoms with Crippen molar-refractivity contribution in [3.05, 3.63) is 65.7 Å². The summed E-state index contributed by atoms with van der Waals surface area (Å²) in [7, 11) is -2.06. The highest BCUT2D eigenvalue weighted by Crippen LogP contribution is 2.20. The maximum Gasteiger partial charge on any atom is 0.254 e. The Kier molecular flexibility index (Phi) is 7.29. The molecule has 166 valence electrons. The van der Waals surface area contributed by atoms with Crippen molar-refractivity contribution in [1.29, 1.82) is 0 Å². The van der Waals surface area contributed by atoms with Crippen LogP contribution in [-0.4, -0.2) is 76.2 Å². The van der Waals surface area contributed by atoms with Crippen LogP contribution in [0.3, 0.4) is 0 Å². The van der Waals surface area contributed by atoms with E-state index in [9.17, 15) is 18.0 Å². The lowest BCUT2D eigenvalue weighted by Crippen LogP contribution is -2.41. The standard InChI is InChI=1S/C22H27N3O5S/c1-23(16-18-6-4-3-5-7-18)21(26)17-25(31(2,28)29)20-10-8-19(9-11-20)22(27)24-12-14-30-15-13-24/h3-11H,12-17H2,1-2H3. The zero-order valence-electron chi connectivity index (χ0n) is 17.7. The third-order valence-corrected chi connectivity index (χ3v) is 6.21. The van der Waals surface area contributed by atoms with Gasteiger partial charge in [0, 0.05) is 32.2 Å². The Morgan fingerprint density at radius 3 is 2.19 bits per heavy atom. The van der Waals surface area contributed by atoms with Gasteiger partial charge in [0.15, 0.2) is 0 Å². The summed E-state index contributed by atoms with van der Waals surface area (Å²) in [5.41, 5.74) is 1.75. The number of likely N-dealkylation sites (N-methyl/N-ethyl adjacent to an activating group) is 1. The SMILES string of the molecule is CN(Cc1ccccc1)C(=O)CN(c1ccc(C(=O)N2CCOCC2)cc1)S(C)(=O)=O. The van der Waals surface area contributed by atoms with Crippen LogP contribution in [0, 0.1) is 0 Å². The number of morpholine rings is 1. The molecule has 31 heavy (non-hydrogen) atoms. The van der Waals surface area contributed by atoms with Gasteiger partial charge in [-0.05, 0) is 29.8 Å². The predicted octanol–water partition coefficient (Wildman–Crippen LogP) is 1.58. The fraction of sp³-hybridized carbons (Fsp3) is 0.364. The number of benzene rings is 2. The molecule has 2 amide bonds. The monoisotopic (exact) mass is 445 g/mol. The molecule has 1 saturated heterocycles. The number of rotatable bonds is 7. The molecule has 1 aliphatic heterocycles. The lowest BCUT2D eigenvalue weighted by molar-refractivity contribution is -0.128. The molecule has 0 N–H and O–H groups in total. The molecule has 0 saturated carbocycles. The van der Waals surface area contributed by atoms with Crippen molar-refractivity contribution in [1.82, 2.24) is 9.80 Å². The second kappa shape index (κ2) is 9.93. The van der Waals surface area contributed by atoms with E-state index in [0.29, 0.717) is 44.1 Å². The molecule has 0 atom stereocenters. The summed E-state index contributed by atoms with van der Waals surface area (Å²) >= 11 is 0. The van der Waals surface area contributed by atoms with Gasteiger partial charge in [0.2, 0.25) is 15.9 Å². The summed E-state index contributed by atoms with van der Waals surface area (Å²) in [6.07, 6.45) is 1.06. The average Bonchev–Trinajstić information content (AvgIpc) is 2.77. The van der Waals surface area contributed by atoms with Gasteiger partial charge in [-0.25, -0.2) is 8.42 Å². The molecule has 8 nitrogen and oxygen atoms in total. The lowest BCUT2D eigenvalue weighted by Gasteiger charge is -2.27. The normalized spacial score (nSPS) is 14.2. The summed E-state index contributed by atoms with van der Waals surface area (Å²) in [6.45, 7) is 2.12. The molecule has 1 aliphatic rings. The average molecular weight is 446 g/mol. The fourth-order valence-corrected chi connectivity index (χ4v) is 4.16. The van der Waals surface area contributed by atoms with E-state index in [1.807, 2.05) is 30.3 Å². The third-order valence-electron chi connectivity index (χ3n) is 5.07. The fourth-order valence-electron chi connectivity index (χ4n) is 3.31. The highest BCUT2D eigenvalue weighted by atomic mass is 32.2. The van der Waals surface area contributed by atoms with Crippen LogP contribution in [0.25, 0.3) is 0 Å². The molecule has 0 aromatic heterocycles. The molecule has 0 radical (unpaired) electrons. The molecule has 2 aromatic rings. The first kappa shape index (κ1) is 22.8. The molecule has 1 heterocycles. The van der Waals surface area contributed by atoms with Gasteiger partial charge in [-0.2, -0.15) is 0 Å². The Morgan fingerprint density at radius 1 is 1.00 bits per heavy atom. The van der Waals surface area contributed by atoms with Gasteiger partial charge in [0.05, 0.1) is 25.2 Å². The molecular formula is C22H27N3O5S. The number of sulfonamides is 1. The summed E-state index contributed by atoms with van der Waals surface area (Å²) in [5, 5.41) is 0. The number of nitrogens with zero attached hydrogens (tertiary/aromatic N) is 3. The molecule has 0 unspecified atom stereocenters. The van der Waals surface area contributed by atoms with E-state index in [1.165, 1.54) is 4.90 Å². The molecule has 0 bridgehead atoms. The minimum Gasteiger partial charge on any atom is -0.378 e. The minimum atomic E-state index is -3.70. The minimum absolute atomic E-state index is 0.126. The maximum absolute atomic E-state index is 12.7. The van der Waals surface area contributed by atoms with Gasteiger partial charge < -0.3 is 14.5 Å². The first-order chi connectivity index (χ1) is 14.8. The van der Waals surface area contributed by atoms with Gasteiger partial charge >= 0.3 is 0 Å². The van der Waals surface area contributed by atoms with Gasteiger partial charge in [-0.1, -0.05) is 30.3 Å². The Bertz CT molecular complexity index is 1000. The topological polar surface area (TPSA) is 87.2 Å². The Balaban J connectivity index is 1.72. The van der Waals surface area contributed by atoms with Crippen molar-refractivity contribution >= 4 is 27.5 Å². The van der Waals surface area contributed by atoms with E-state index >= 15 is 0 Å². The van der Waals surface area contributed by atoms with Gasteiger partial charge in [-0.15, -0.1) is 0 Å². The summed E-state index contributed by atoms with van der Waals surface area (Å²) in [5.74, 6) is -0.456. The number of ether oxygens (including phenoxy) is 1. The number of amides is 2. The van der Waals surface area contributed by atoms with Crippen LogP contribution in [0.1, 0.15) is 15.9 Å². The number of hydrogen-bond acceptors (Lipinski definition) is 5. The zero-order chi connectivity index (χ0) is 22.4. The molecular weight excluding hydrogens is 418 g/mol. The molecule has 0 aliphatic carbocycles. The van der Waals surface area contributed by atoms with Crippen molar-refractivity contribution in [3.63, 3.8) is 0 Å². The third kappa shape index (κ3) is 6.05. The first-order valence-electron chi connectivity index (χ1n) is 9.98. The zero-order valence-corrected chi connectivity index (χ0v) is 18.5. The molecule has 3 rings (SSSR count). The van der Waals surface area contributed by atoms with Crippen LogP contribution in [0.4, 0.5) is 5.69 Å². The van der Waals surface area contributed by atoms with E-state index in [4.69, 9.17) is 4.74 Å². The van der Waals surface area contributed by atoms with Crippen molar-refractivity contribution in [2.24, 2.45) is 0 Å². The number of carbonyl (C=O) groups excluding carboxylic acids is 2. The molecule has 1 fully saturated rings. The van der Waals surface area contributed by atoms with Gasteiger partial charge in [0.1, 0.15) is 6.54 Å². The molecule has 0 spiro atoms. The van der Waals surface area contributed by atoms with Crippen LogP contribution in [0.15, 0.2) is 54.6 Å². The van der Waals surface area contributed by atoms with Gasteiger partial charge in [-0.3, -0.25) is 13.9 Å². The predicted molar refractivity (Wildman–Crippen MR) is 118 cm³/mol. The highest BCUT2D eigenvalue weighted by Gasteiger charge is 2.24. The van der Waals surface area contributed by atoms with Crippen molar-refractivity contribution < 1.29 is 22.7 Å². The van der Waals surface area contributed by atoms with E-state index in [1.54, 1.807) is 36.2 Å². The highest BCUT2D eigenvalue weighted by molar-refractivity contribution is 7.92. The summed E-state index contributed by atoms with van der Waals surface area (Å²) < 4.78 is 31.1. The van der Waals surface area contributed by atoms with Crippen LogP contribution in [0.2, 0.25) is 0 Å². The Labute approximate surface area is 183 Å². The van der Waals surface area contributed by atoms with Crippen LogP contribution >= 0.6 is 0 Å². The second-order valence-corrected chi connectivity index (χ2v) is 9.36. The molecule has 2 aromatic carbocycles. The van der Waals surface area contributed by atoms with E-state index < -0.39 is 10.0 Å². The number of hydrogen-bond donors (Lipinski definition) is 0. The lowest BCUT2D eigenvalue weighted by atomic mass is 10.1. The van der Waals surface area contributed by atoms with E-state index in [2.05, 4.69) is 0 Å². The van der Waals surface area contributed by atoms with Crippen LogP contribution in [0.5, 0.6) is 0 Å². The first-order valence-corrected chi connectivity index (χ1v) is 11.8. The number of anilines is 1. The smallest absolute Gasteiger partial charge is 0.254 e. The summed E-state index contributed by atoms with van der Waals surface area (Å²) in [4.78, 5) is 28.5. The van der Waals surface area contributed by atoms with Crippen LogP contribution < -0.4 is 4.31 Å². The largest absolute Gasteiger partial charge is 0.378 e. The Morgan fingerprint density at radius 2 is 1.61 bits per heavy atom. The Hall–Kier alpha value is -2.91. The molecule has 9 heteroatoms. The quantitative estimate of drug-likeness (QED) is 0.646. The van der Waals surface area contributed by atoms with E-state index in [0.717, 1.165) is 16.1 Å². The second-order valence-electron chi connectivity index (χ2n) is 7.46. The maximum atomic E-state index is 12.7. The summed E-state index contributed by atoms with van der Waals surface area (Å²) in [6, 6.07) is 15.8. The van der Waals surface area contributed by atoms with E-state index in [-0.39, 0.29) is 18.4 Å². The number of carbonyl (C=O) groups is 2. The van der Waals surface area contributed by atoms with Crippen molar-refractivity contribution in [2.45, 2.75) is 6.54 Å². The van der Waals surface area contributed by atoms with Crippen molar-refractivity contribution in [2.75, 3.05) is 50.5 Å².